The van der Waals surface area contributed by atoms with Crippen molar-refractivity contribution in [2.75, 3.05) is 0 Å². The van der Waals surface area contributed by atoms with Crippen LogP contribution < -0.4 is 21.5 Å². The third-order valence-electron chi connectivity index (χ3n) is 7.26. The first-order valence-corrected chi connectivity index (χ1v) is 13.8. The van der Waals surface area contributed by atoms with E-state index in [1.165, 1.54) is 64.2 Å². The molecule has 6 heteroatoms. The third-order valence-corrected chi connectivity index (χ3v) is 7.26. The number of fused-ring (bicyclic) bond motifs is 2. The van der Waals surface area contributed by atoms with Crippen molar-refractivity contribution < 1.29 is 31.1 Å². The van der Waals surface area contributed by atoms with Crippen molar-refractivity contribution in [3.63, 3.8) is 0 Å². The van der Waals surface area contributed by atoms with E-state index in [2.05, 4.69) is 34.9 Å². The average Bonchev–Trinajstić information content (AvgIpc) is 3.13. The summed E-state index contributed by atoms with van der Waals surface area (Å²) in [5, 5.41) is 0. The normalized spacial score (nSPS) is 12.4. The van der Waals surface area contributed by atoms with Crippen molar-refractivity contribution in [2.45, 2.75) is 124 Å². The van der Waals surface area contributed by atoms with Gasteiger partial charge in [0.2, 0.25) is 23.0 Å². The molecule has 194 valence electrons. The minimum absolute atomic E-state index is 0. The Morgan fingerprint density at radius 1 is 0.771 bits per heavy atom. The molecule has 0 spiro atoms. The summed E-state index contributed by atoms with van der Waals surface area (Å²) in [6.45, 7) is 8.15. The van der Waals surface area contributed by atoms with Gasteiger partial charge in [-0.2, -0.15) is 0 Å². The van der Waals surface area contributed by atoms with E-state index in [9.17, 15) is 9.59 Å². The molecule has 0 N–H and O–H groups in total. The number of ketones is 2. The van der Waals surface area contributed by atoms with E-state index in [0.717, 1.165) is 44.6 Å². The summed E-state index contributed by atoms with van der Waals surface area (Å²) < 4.78 is 4.25. The van der Waals surface area contributed by atoms with Gasteiger partial charge in [-0.3, -0.25) is 14.6 Å². The van der Waals surface area contributed by atoms with Crippen LogP contribution in [-0.2, 0) is 13.1 Å². The molecule has 0 aliphatic heterocycles. The molecular formula is C29H44BrN3O2. The highest BCUT2D eigenvalue weighted by molar-refractivity contribution is 6.26. The molecule has 0 fully saturated rings. The molecule has 2 aromatic heterocycles. The Balaban J connectivity index is 0.00000432. The predicted octanol–water partition coefficient (Wildman–Crippen LogP) is 3.76. The van der Waals surface area contributed by atoms with Crippen LogP contribution >= 0.6 is 0 Å². The third kappa shape index (κ3) is 7.34. The van der Waals surface area contributed by atoms with Crippen LogP contribution in [0.3, 0.4) is 0 Å². The summed E-state index contributed by atoms with van der Waals surface area (Å²) in [7, 11) is 0. The van der Waals surface area contributed by atoms with Gasteiger partial charge in [0.1, 0.15) is 0 Å². The molecule has 2 heterocycles. The molecule has 5 nitrogen and oxygen atoms in total. The number of hydrogen-bond donors (Lipinski definition) is 0. The number of halogens is 1. The number of unbranched alkanes of at least 4 members (excludes halogenated alkanes) is 12. The van der Waals surface area contributed by atoms with Gasteiger partial charge in [-0.05, 0) is 31.7 Å². The quantitative estimate of drug-likeness (QED) is 0.203. The second-order valence-corrected chi connectivity index (χ2v) is 9.87. The molecule has 2 aromatic rings. The Hall–Kier alpha value is -1.82. The maximum absolute atomic E-state index is 13.5. The maximum atomic E-state index is 13.5. The summed E-state index contributed by atoms with van der Waals surface area (Å²) in [6.07, 6.45) is 20.4. The molecule has 1 aliphatic rings. The van der Waals surface area contributed by atoms with Gasteiger partial charge < -0.3 is 17.0 Å². The number of nitrogens with zero attached hydrogens (tertiary/aromatic N) is 3. The second kappa shape index (κ2) is 15.3. The largest absolute Gasteiger partial charge is 1.00 e. The highest BCUT2D eigenvalue weighted by Crippen LogP contribution is 2.27. The van der Waals surface area contributed by atoms with E-state index in [-0.39, 0.29) is 28.5 Å². The van der Waals surface area contributed by atoms with Gasteiger partial charge in [0.05, 0.1) is 18.7 Å². The first kappa shape index (κ1) is 29.4. The van der Waals surface area contributed by atoms with E-state index in [1.807, 2.05) is 0 Å². The van der Waals surface area contributed by atoms with Crippen molar-refractivity contribution in [1.82, 2.24) is 9.55 Å². The lowest BCUT2D eigenvalue weighted by molar-refractivity contribution is -0.704. The molecule has 0 aromatic carbocycles. The molecule has 35 heavy (non-hydrogen) atoms. The predicted molar refractivity (Wildman–Crippen MR) is 136 cm³/mol. The van der Waals surface area contributed by atoms with Crippen LogP contribution in [0.15, 0.2) is 18.5 Å². The fourth-order valence-electron chi connectivity index (χ4n) is 5.21. The summed E-state index contributed by atoms with van der Waals surface area (Å²) >= 11 is 0. The van der Waals surface area contributed by atoms with Gasteiger partial charge in [0.25, 0.3) is 5.82 Å². The molecule has 3 rings (SSSR count). The minimum Gasteiger partial charge on any atom is -1.00 e. The Morgan fingerprint density at radius 2 is 1.34 bits per heavy atom. The first-order chi connectivity index (χ1) is 16.6. The van der Waals surface area contributed by atoms with E-state index < -0.39 is 0 Å². The van der Waals surface area contributed by atoms with E-state index in [4.69, 9.17) is 0 Å². The number of hydrogen-bond acceptors (Lipinski definition) is 3. The second-order valence-electron chi connectivity index (χ2n) is 9.87. The maximum Gasteiger partial charge on any atom is 0.254 e. The number of carbonyl (C=O) groups excluding carboxylic acids is 2. The number of rotatable bonds is 16. The Kier molecular flexibility index (Phi) is 12.9. The van der Waals surface area contributed by atoms with E-state index in [1.54, 1.807) is 18.5 Å². The lowest BCUT2D eigenvalue weighted by atomic mass is 9.91. The van der Waals surface area contributed by atoms with Gasteiger partial charge in [-0.25, -0.2) is 9.13 Å². The lowest BCUT2D eigenvalue weighted by Crippen LogP contribution is -3.00. The Bertz CT molecular complexity index is 893. The summed E-state index contributed by atoms with van der Waals surface area (Å²) in [5.74, 6) is 0.947. The highest BCUT2D eigenvalue weighted by atomic mass is 79.9. The number of imidazole rings is 1. The SMILES string of the molecule is CCCCCCCCCn1c2c([n+](CCCCCCCCC)c1C)C(=O)c1ccncc1C2=O.[Br-]. The van der Waals surface area contributed by atoms with Crippen LogP contribution in [-0.4, -0.2) is 21.1 Å². The van der Waals surface area contributed by atoms with Crippen molar-refractivity contribution in [2.24, 2.45) is 0 Å². The lowest BCUT2D eigenvalue weighted by Gasteiger charge is -2.12. The van der Waals surface area contributed by atoms with Crippen LogP contribution in [0.2, 0.25) is 0 Å². The van der Waals surface area contributed by atoms with Gasteiger partial charge >= 0.3 is 0 Å². The number of carbonyl (C=O) groups is 2. The van der Waals surface area contributed by atoms with Crippen LogP contribution in [0, 0.1) is 6.92 Å². The first-order valence-electron chi connectivity index (χ1n) is 13.8. The summed E-state index contributed by atoms with van der Waals surface area (Å²) in [4.78, 5) is 31.1. The molecule has 0 saturated heterocycles. The number of pyridine rings is 1. The Morgan fingerprint density at radius 3 is 1.97 bits per heavy atom. The molecule has 0 unspecified atom stereocenters. The summed E-state index contributed by atoms with van der Waals surface area (Å²) in [5.41, 5.74) is 2.11. The topological polar surface area (TPSA) is 55.8 Å². The molecule has 1 aliphatic carbocycles. The van der Waals surface area contributed by atoms with Crippen molar-refractivity contribution in [3.05, 3.63) is 46.8 Å². The smallest absolute Gasteiger partial charge is 0.254 e. The fourth-order valence-corrected chi connectivity index (χ4v) is 5.21. The average molecular weight is 547 g/mol. The van der Waals surface area contributed by atoms with Crippen molar-refractivity contribution in [1.29, 1.82) is 0 Å². The monoisotopic (exact) mass is 545 g/mol. The van der Waals surface area contributed by atoms with Gasteiger partial charge in [-0.1, -0.05) is 78.1 Å². The molecule has 0 radical (unpaired) electrons. The standard InChI is InChI=1S/C29H44N3O2.BrH/c1-4-6-8-10-12-14-16-20-31-23(3)32(21-17-15-13-11-9-7-5-2)27-26(31)28(33)24-18-19-30-22-25(24)29(27)34;/h18-19,22H,4-17,20-21H2,1-3H3;1H/q+1;/p-1. The van der Waals surface area contributed by atoms with Crippen molar-refractivity contribution in [3.8, 4) is 0 Å². The van der Waals surface area contributed by atoms with Gasteiger partial charge in [-0.15, -0.1) is 0 Å². The molecule has 0 saturated carbocycles. The van der Waals surface area contributed by atoms with Crippen LogP contribution in [0.25, 0.3) is 0 Å². The molecule has 0 amide bonds. The van der Waals surface area contributed by atoms with Crippen LogP contribution in [0.4, 0.5) is 0 Å². The molecular weight excluding hydrogens is 502 g/mol. The minimum atomic E-state index is -0.0536. The molecule has 0 atom stereocenters. The zero-order valence-electron chi connectivity index (χ0n) is 22.1. The molecule has 0 bridgehead atoms. The van der Waals surface area contributed by atoms with Crippen LogP contribution in [0.1, 0.15) is 142 Å². The van der Waals surface area contributed by atoms with E-state index >= 15 is 0 Å². The highest BCUT2D eigenvalue weighted by Gasteiger charge is 2.42. The van der Waals surface area contributed by atoms with Crippen molar-refractivity contribution >= 4 is 11.6 Å². The number of aromatic nitrogens is 3. The zero-order chi connectivity index (χ0) is 24.3. The summed E-state index contributed by atoms with van der Waals surface area (Å²) in [6, 6.07) is 1.69. The Labute approximate surface area is 222 Å². The van der Waals surface area contributed by atoms with E-state index in [0.29, 0.717) is 22.5 Å². The zero-order valence-corrected chi connectivity index (χ0v) is 23.7. The van der Waals surface area contributed by atoms with Gasteiger partial charge in [0.15, 0.2) is 0 Å². The van der Waals surface area contributed by atoms with Gasteiger partial charge in [0, 0.05) is 24.9 Å². The van der Waals surface area contributed by atoms with Crippen LogP contribution in [0.5, 0.6) is 0 Å². The fraction of sp³-hybridized carbons (Fsp3) is 0.655.